The smallest absolute Gasteiger partial charge is 0.253 e. The number of amides is 1. The van der Waals surface area contributed by atoms with Crippen LogP contribution in [0.3, 0.4) is 0 Å². The van der Waals surface area contributed by atoms with E-state index in [0.29, 0.717) is 48.6 Å². The molecule has 1 aliphatic rings. The van der Waals surface area contributed by atoms with Crippen molar-refractivity contribution in [2.24, 2.45) is 0 Å². The zero-order valence-corrected chi connectivity index (χ0v) is 27.9. The highest BCUT2D eigenvalue weighted by Gasteiger charge is 2.31. The topological polar surface area (TPSA) is 119 Å². The van der Waals surface area contributed by atoms with Gasteiger partial charge in [-0.1, -0.05) is 6.07 Å². The molecule has 0 spiro atoms. The van der Waals surface area contributed by atoms with E-state index >= 15 is 0 Å². The molecule has 0 aliphatic carbocycles. The van der Waals surface area contributed by atoms with Crippen molar-refractivity contribution in [3.05, 3.63) is 58.0 Å². The number of rotatable bonds is 10. The van der Waals surface area contributed by atoms with E-state index in [4.69, 9.17) is 4.98 Å². The van der Waals surface area contributed by atoms with Crippen molar-refractivity contribution in [1.82, 2.24) is 33.6 Å². The van der Waals surface area contributed by atoms with Crippen molar-refractivity contribution >= 4 is 48.7 Å². The van der Waals surface area contributed by atoms with Gasteiger partial charge in [-0.05, 0) is 81.5 Å². The number of carbonyl (C=O) groups excluding carboxylic acids is 1. The lowest BCUT2D eigenvalue weighted by Gasteiger charge is -2.20. The van der Waals surface area contributed by atoms with Crippen LogP contribution in [0.2, 0.25) is 0 Å². The second-order valence-electron chi connectivity index (χ2n) is 11.4. The van der Waals surface area contributed by atoms with E-state index in [1.54, 1.807) is 22.3 Å². The summed E-state index contributed by atoms with van der Waals surface area (Å²) in [6.45, 7) is 8.09. The molecular weight excluding hydrogens is 632 g/mol. The van der Waals surface area contributed by atoms with E-state index in [0.717, 1.165) is 39.3 Å². The number of aromatic amines is 1. The van der Waals surface area contributed by atoms with Crippen LogP contribution in [0.15, 0.2) is 41.0 Å². The number of hydrogen-bond donors (Lipinski definition) is 2. The molecule has 1 amide bonds. The molecule has 0 radical (unpaired) electrons. The first-order valence-corrected chi connectivity index (χ1v) is 16.8. The molecule has 4 heterocycles. The Morgan fingerprint density at radius 1 is 1.19 bits per heavy atom. The van der Waals surface area contributed by atoms with Gasteiger partial charge in [0.2, 0.25) is 10.0 Å². The zero-order chi connectivity index (χ0) is 31.1. The molecule has 1 aromatic carbocycles. The van der Waals surface area contributed by atoms with E-state index in [1.165, 1.54) is 0 Å². The Morgan fingerprint density at radius 2 is 1.95 bits per heavy atom. The molecule has 13 heteroatoms. The molecule has 11 nitrogen and oxygen atoms in total. The first-order chi connectivity index (χ1) is 20.4. The number of nitrogens with zero attached hydrogens (tertiary/aromatic N) is 6. The molecule has 0 saturated carbocycles. The SMILES string of the molecule is CCS(=O)(=O)N1CC[C@H](Nc2c(Br)cnc3[nH]c(-c4cc(C)n(-c5cccc(C(=O)N(C)CCN(C)C)c5)c4C)nc23)C1. The molecule has 1 saturated heterocycles. The van der Waals surface area contributed by atoms with Crippen LogP contribution in [0.4, 0.5) is 5.69 Å². The van der Waals surface area contributed by atoms with E-state index in [9.17, 15) is 13.2 Å². The normalized spacial score (nSPS) is 16.0. The van der Waals surface area contributed by atoms with E-state index in [-0.39, 0.29) is 17.7 Å². The number of likely N-dealkylation sites (N-methyl/N-ethyl adjacent to an activating group) is 2. The van der Waals surface area contributed by atoms with Crippen LogP contribution in [0.1, 0.15) is 35.1 Å². The maximum atomic E-state index is 13.1. The Labute approximate surface area is 261 Å². The number of fused-ring (bicyclic) bond motifs is 1. The summed E-state index contributed by atoms with van der Waals surface area (Å²) < 4.78 is 29.2. The number of carbonyl (C=O) groups is 1. The third-order valence-corrected chi connectivity index (χ3v) is 10.4. The molecule has 43 heavy (non-hydrogen) atoms. The van der Waals surface area contributed by atoms with Gasteiger partial charge < -0.3 is 24.7 Å². The molecule has 4 aromatic rings. The number of halogens is 1. The third-order valence-electron chi connectivity index (χ3n) is 7.99. The van der Waals surface area contributed by atoms with Crippen LogP contribution in [0, 0.1) is 13.8 Å². The Balaban J connectivity index is 1.44. The van der Waals surface area contributed by atoms with Gasteiger partial charge in [-0.2, -0.15) is 4.31 Å². The van der Waals surface area contributed by atoms with Gasteiger partial charge in [0.05, 0.1) is 15.9 Å². The van der Waals surface area contributed by atoms with E-state index < -0.39 is 10.0 Å². The summed E-state index contributed by atoms with van der Waals surface area (Å²) >= 11 is 3.62. The molecule has 230 valence electrons. The van der Waals surface area contributed by atoms with Gasteiger partial charge in [0.25, 0.3) is 5.91 Å². The zero-order valence-electron chi connectivity index (χ0n) is 25.5. The first-order valence-electron chi connectivity index (χ1n) is 14.4. The minimum atomic E-state index is -3.23. The Kier molecular flexibility index (Phi) is 8.98. The Hall–Kier alpha value is -3.26. The number of aryl methyl sites for hydroxylation is 1. The molecule has 1 atom stereocenters. The van der Waals surface area contributed by atoms with Gasteiger partial charge in [-0.25, -0.2) is 18.4 Å². The number of imidazole rings is 1. The van der Waals surface area contributed by atoms with Crippen molar-refractivity contribution in [2.45, 2.75) is 33.2 Å². The number of pyridine rings is 1. The number of nitrogens with one attached hydrogen (secondary N) is 2. The van der Waals surface area contributed by atoms with Gasteiger partial charge in [0.15, 0.2) is 5.65 Å². The minimum Gasteiger partial charge on any atom is -0.378 e. The monoisotopic (exact) mass is 670 g/mol. The Morgan fingerprint density at radius 3 is 2.67 bits per heavy atom. The maximum Gasteiger partial charge on any atom is 0.253 e. The molecule has 0 bridgehead atoms. The minimum absolute atomic E-state index is 0.0157. The van der Waals surface area contributed by atoms with E-state index in [1.807, 2.05) is 59.3 Å². The Bertz CT molecular complexity index is 1760. The highest BCUT2D eigenvalue weighted by atomic mass is 79.9. The highest BCUT2D eigenvalue weighted by molar-refractivity contribution is 9.10. The van der Waals surface area contributed by atoms with Gasteiger partial charge in [0, 0.05) is 73.7 Å². The molecule has 3 aromatic heterocycles. The van der Waals surface area contributed by atoms with Gasteiger partial charge in [-0.3, -0.25) is 4.79 Å². The van der Waals surface area contributed by atoms with Gasteiger partial charge in [-0.15, -0.1) is 0 Å². The summed E-state index contributed by atoms with van der Waals surface area (Å²) in [6.07, 6.45) is 2.43. The third kappa shape index (κ3) is 6.35. The maximum absolute atomic E-state index is 13.1. The van der Waals surface area contributed by atoms with Crippen LogP contribution in [0.25, 0.3) is 28.2 Å². The summed E-state index contributed by atoms with van der Waals surface area (Å²) in [6, 6.07) is 9.75. The number of sulfonamides is 1. The van der Waals surface area contributed by atoms with Crippen LogP contribution < -0.4 is 5.32 Å². The van der Waals surface area contributed by atoms with Crippen LogP contribution in [-0.2, 0) is 10.0 Å². The molecule has 2 N–H and O–H groups in total. The molecule has 0 unspecified atom stereocenters. The number of benzene rings is 1. The summed E-state index contributed by atoms with van der Waals surface area (Å²) in [5, 5.41) is 3.52. The summed E-state index contributed by atoms with van der Waals surface area (Å²) in [5.41, 5.74) is 6.55. The predicted octanol–water partition coefficient (Wildman–Crippen LogP) is 4.26. The van der Waals surface area contributed by atoms with Crippen molar-refractivity contribution in [2.75, 3.05) is 58.4 Å². The average Bonchev–Trinajstić information content (AvgIpc) is 3.70. The fraction of sp³-hybridized carbons (Fsp3) is 0.433. The van der Waals surface area contributed by atoms with Crippen LogP contribution in [0.5, 0.6) is 0 Å². The van der Waals surface area contributed by atoms with Gasteiger partial charge in [0.1, 0.15) is 11.3 Å². The number of hydrogen-bond acceptors (Lipinski definition) is 7. The van der Waals surface area contributed by atoms with Crippen LogP contribution in [-0.4, -0.2) is 107 Å². The fourth-order valence-corrected chi connectivity index (χ4v) is 7.09. The quantitative estimate of drug-likeness (QED) is 0.259. The lowest BCUT2D eigenvalue weighted by Crippen LogP contribution is -2.33. The highest BCUT2D eigenvalue weighted by Crippen LogP contribution is 2.34. The molecule has 1 aliphatic heterocycles. The average molecular weight is 672 g/mol. The molecule has 5 rings (SSSR count). The first kappa shape index (κ1) is 31.2. The van der Waals surface area contributed by atoms with Crippen molar-refractivity contribution in [1.29, 1.82) is 0 Å². The van der Waals surface area contributed by atoms with Crippen molar-refractivity contribution < 1.29 is 13.2 Å². The molecule has 1 fully saturated rings. The second-order valence-corrected chi connectivity index (χ2v) is 14.5. The predicted molar refractivity (Wildman–Crippen MR) is 174 cm³/mol. The standard InChI is InChI=1S/C30H39BrN8O3S/c1-7-43(41,42)38-12-11-22(18-38)33-26-25(31)17-32-29-27(26)34-28(35-29)24-15-19(2)39(20(24)3)23-10-8-9-21(16-23)30(40)37(6)14-13-36(4)5/h8-10,15-17,22H,7,11-14,18H2,1-6H3,(H2,32,33,34,35)/t22-/m0/s1. The van der Waals surface area contributed by atoms with Crippen molar-refractivity contribution in [3.8, 4) is 17.1 Å². The van der Waals surface area contributed by atoms with E-state index in [2.05, 4.69) is 46.7 Å². The van der Waals surface area contributed by atoms with Gasteiger partial charge >= 0.3 is 0 Å². The second kappa shape index (κ2) is 12.4. The fourth-order valence-electron chi connectivity index (χ4n) is 5.53. The molecular formula is C30H39BrN8O3S. The van der Waals surface area contributed by atoms with Crippen LogP contribution >= 0.6 is 15.9 Å². The summed E-state index contributed by atoms with van der Waals surface area (Å²) in [7, 11) is 2.58. The summed E-state index contributed by atoms with van der Waals surface area (Å²) in [5.74, 6) is 0.761. The largest absolute Gasteiger partial charge is 0.378 e. The summed E-state index contributed by atoms with van der Waals surface area (Å²) in [4.78, 5) is 29.8. The number of aromatic nitrogens is 4. The van der Waals surface area contributed by atoms with Crippen molar-refractivity contribution in [3.63, 3.8) is 0 Å². The lowest BCUT2D eigenvalue weighted by atomic mass is 10.1. The number of anilines is 1. The number of H-pyrrole nitrogens is 1. The lowest BCUT2D eigenvalue weighted by molar-refractivity contribution is 0.0786.